The quantitative estimate of drug-likeness (QED) is 0.841. The predicted octanol–water partition coefficient (Wildman–Crippen LogP) is 3.42. The number of rotatable bonds is 3. The molecule has 6 heteroatoms. The minimum atomic E-state index is -0.209. The molecule has 0 atom stereocenters. The molecule has 25 heavy (non-hydrogen) atoms. The van der Waals surface area contributed by atoms with Crippen LogP contribution in [-0.4, -0.2) is 47.8 Å². The highest BCUT2D eigenvalue weighted by molar-refractivity contribution is 7.12. The van der Waals surface area contributed by atoms with Gasteiger partial charge in [0.2, 0.25) is 5.91 Å². The molecule has 132 valence electrons. The van der Waals surface area contributed by atoms with E-state index in [-0.39, 0.29) is 17.6 Å². The first kappa shape index (κ1) is 17.6. The van der Waals surface area contributed by atoms with Crippen LogP contribution < -0.4 is 0 Å². The molecular weight excluding hydrogens is 339 g/mol. The molecule has 2 heterocycles. The van der Waals surface area contributed by atoms with E-state index in [0.717, 1.165) is 11.1 Å². The molecule has 1 aliphatic heterocycles. The number of halogens is 1. The second kappa shape index (κ2) is 7.35. The summed E-state index contributed by atoms with van der Waals surface area (Å²) in [5.74, 6) is -0.187. The van der Waals surface area contributed by atoms with E-state index in [4.69, 9.17) is 0 Å². The van der Waals surface area contributed by atoms with E-state index in [0.29, 0.717) is 43.0 Å². The molecule has 1 fully saturated rings. The average Bonchev–Trinajstić information content (AvgIpc) is 3.11. The van der Waals surface area contributed by atoms with Gasteiger partial charge in [-0.3, -0.25) is 9.59 Å². The minimum absolute atomic E-state index is 0.0231. The first-order valence-corrected chi connectivity index (χ1v) is 9.29. The smallest absolute Gasteiger partial charge is 0.264 e. The Bertz CT molecular complexity index is 794. The SMILES string of the molecule is CCc1ccc(-c2csc(C(=O)N3CCN(C(C)=O)CC3)c2)cc1F. The molecule has 2 amide bonds. The third-order valence-electron chi connectivity index (χ3n) is 4.59. The summed E-state index contributed by atoms with van der Waals surface area (Å²) in [6.07, 6.45) is 0.658. The van der Waals surface area contributed by atoms with Gasteiger partial charge in [-0.1, -0.05) is 19.1 Å². The number of hydrogen-bond acceptors (Lipinski definition) is 3. The Balaban J connectivity index is 1.72. The summed E-state index contributed by atoms with van der Waals surface area (Å²) in [6.45, 7) is 5.71. The summed E-state index contributed by atoms with van der Waals surface area (Å²) in [4.78, 5) is 28.2. The van der Waals surface area contributed by atoms with Crippen LogP contribution in [0.4, 0.5) is 4.39 Å². The highest BCUT2D eigenvalue weighted by Crippen LogP contribution is 2.28. The van der Waals surface area contributed by atoms with E-state index >= 15 is 0 Å². The summed E-state index contributed by atoms with van der Waals surface area (Å²) in [5.41, 5.74) is 2.34. The van der Waals surface area contributed by atoms with Crippen molar-refractivity contribution in [2.45, 2.75) is 20.3 Å². The maximum atomic E-state index is 14.0. The summed E-state index contributed by atoms with van der Waals surface area (Å²) >= 11 is 1.37. The van der Waals surface area contributed by atoms with Crippen molar-refractivity contribution in [3.05, 3.63) is 45.9 Å². The molecule has 1 aromatic carbocycles. The number of benzene rings is 1. The summed E-state index contributed by atoms with van der Waals surface area (Å²) in [6, 6.07) is 7.04. The van der Waals surface area contributed by atoms with Gasteiger partial charge in [-0.25, -0.2) is 4.39 Å². The Kier molecular flexibility index (Phi) is 5.18. The number of piperazine rings is 1. The van der Waals surface area contributed by atoms with E-state index in [1.54, 1.807) is 22.8 Å². The second-order valence-electron chi connectivity index (χ2n) is 6.16. The van der Waals surface area contributed by atoms with Crippen LogP contribution in [0.2, 0.25) is 0 Å². The molecule has 0 N–H and O–H groups in total. The normalized spacial score (nSPS) is 14.7. The van der Waals surface area contributed by atoms with Crippen molar-refractivity contribution in [2.75, 3.05) is 26.2 Å². The van der Waals surface area contributed by atoms with Crippen LogP contribution >= 0.6 is 11.3 Å². The van der Waals surface area contributed by atoms with E-state index < -0.39 is 0 Å². The minimum Gasteiger partial charge on any atom is -0.339 e. The topological polar surface area (TPSA) is 40.6 Å². The highest BCUT2D eigenvalue weighted by Gasteiger charge is 2.24. The monoisotopic (exact) mass is 360 g/mol. The standard InChI is InChI=1S/C19H21FN2O2S/c1-3-14-4-5-15(10-17(14)20)16-11-18(25-12-16)19(24)22-8-6-21(7-9-22)13(2)23/h4-5,10-12H,3,6-9H2,1-2H3. The van der Waals surface area contributed by atoms with Gasteiger partial charge >= 0.3 is 0 Å². The van der Waals surface area contributed by atoms with Gasteiger partial charge in [0, 0.05) is 33.1 Å². The van der Waals surface area contributed by atoms with Crippen LogP contribution in [0.3, 0.4) is 0 Å². The molecule has 1 saturated heterocycles. The third kappa shape index (κ3) is 3.74. The fraction of sp³-hybridized carbons (Fsp3) is 0.368. The van der Waals surface area contributed by atoms with Crippen molar-refractivity contribution in [3.8, 4) is 11.1 Å². The zero-order valence-electron chi connectivity index (χ0n) is 14.4. The molecule has 0 bridgehead atoms. The molecule has 3 rings (SSSR count). The zero-order valence-corrected chi connectivity index (χ0v) is 15.2. The van der Waals surface area contributed by atoms with E-state index in [9.17, 15) is 14.0 Å². The Morgan fingerprint density at radius 3 is 2.36 bits per heavy atom. The van der Waals surface area contributed by atoms with Crippen molar-refractivity contribution < 1.29 is 14.0 Å². The lowest BCUT2D eigenvalue weighted by Gasteiger charge is -2.33. The van der Waals surface area contributed by atoms with Crippen molar-refractivity contribution in [2.24, 2.45) is 0 Å². The summed E-state index contributed by atoms with van der Waals surface area (Å²) in [5, 5.41) is 1.89. The van der Waals surface area contributed by atoms with Crippen LogP contribution in [0, 0.1) is 5.82 Å². The molecule has 0 saturated carbocycles. The van der Waals surface area contributed by atoms with Crippen LogP contribution in [0.1, 0.15) is 29.1 Å². The molecular formula is C19H21FN2O2S. The van der Waals surface area contributed by atoms with Gasteiger partial charge in [0.05, 0.1) is 4.88 Å². The maximum Gasteiger partial charge on any atom is 0.264 e. The van der Waals surface area contributed by atoms with Crippen molar-refractivity contribution in [1.82, 2.24) is 9.80 Å². The summed E-state index contributed by atoms with van der Waals surface area (Å²) in [7, 11) is 0. The molecule has 0 spiro atoms. The predicted molar refractivity (Wildman–Crippen MR) is 97.2 cm³/mol. The Morgan fingerprint density at radius 1 is 1.08 bits per heavy atom. The molecule has 1 aliphatic rings. The van der Waals surface area contributed by atoms with Crippen LogP contribution in [0.25, 0.3) is 11.1 Å². The second-order valence-corrected chi connectivity index (χ2v) is 7.07. The number of carbonyl (C=O) groups excluding carboxylic acids is 2. The van der Waals surface area contributed by atoms with Gasteiger partial charge in [-0.15, -0.1) is 11.3 Å². The first-order valence-electron chi connectivity index (χ1n) is 8.41. The lowest BCUT2D eigenvalue weighted by Crippen LogP contribution is -2.49. The Hall–Kier alpha value is -2.21. The lowest BCUT2D eigenvalue weighted by molar-refractivity contribution is -0.130. The Morgan fingerprint density at radius 2 is 1.76 bits per heavy atom. The van der Waals surface area contributed by atoms with Crippen molar-refractivity contribution >= 4 is 23.2 Å². The van der Waals surface area contributed by atoms with Crippen LogP contribution in [0.15, 0.2) is 29.6 Å². The van der Waals surface area contributed by atoms with Crippen LogP contribution in [-0.2, 0) is 11.2 Å². The van der Waals surface area contributed by atoms with Gasteiger partial charge < -0.3 is 9.80 Å². The number of thiophene rings is 1. The van der Waals surface area contributed by atoms with Gasteiger partial charge in [0.15, 0.2) is 0 Å². The maximum absolute atomic E-state index is 14.0. The average molecular weight is 360 g/mol. The van der Waals surface area contributed by atoms with Crippen molar-refractivity contribution in [1.29, 1.82) is 0 Å². The first-order chi connectivity index (χ1) is 12.0. The number of nitrogens with zero attached hydrogens (tertiary/aromatic N) is 2. The fourth-order valence-electron chi connectivity index (χ4n) is 2.99. The van der Waals surface area contributed by atoms with Crippen molar-refractivity contribution in [3.63, 3.8) is 0 Å². The van der Waals surface area contributed by atoms with E-state index in [1.807, 2.05) is 24.4 Å². The van der Waals surface area contributed by atoms with Gasteiger partial charge in [0.25, 0.3) is 5.91 Å². The molecule has 0 radical (unpaired) electrons. The number of hydrogen-bond donors (Lipinski definition) is 0. The van der Waals surface area contributed by atoms with Gasteiger partial charge in [-0.2, -0.15) is 0 Å². The molecule has 2 aromatic rings. The van der Waals surface area contributed by atoms with Gasteiger partial charge in [0.1, 0.15) is 5.82 Å². The third-order valence-corrected chi connectivity index (χ3v) is 5.51. The van der Waals surface area contributed by atoms with E-state index in [1.165, 1.54) is 17.4 Å². The highest BCUT2D eigenvalue weighted by atomic mass is 32.1. The van der Waals surface area contributed by atoms with Crippen LogP contribution in [0.5, 0.6) is 0 Å². The fourth-order valence-corrected chi connectivity index (χ4v) is 3.88. The number of carbonyl (C=O) groups is 2. The summed E-state index contributed by atoms with van der Waals surface area (Å²) < 4.78 is 14.0. The zero-order chi connectivity index (χ0) is 18.0. The number of aryl methyl sites for hydroxylation is 1. The van der Waals surface area contributed by atoms with Gasteiger partial charge in [-0.05, 0) is 40.6 Å². The molecule has 0 unspecified atom stereocenters. The lowest BCUT2D eigenvalue weighted by atomic mass is 10.0. The largest absolute Gasteiger partial charge is 0.339 e. The molecule has 1 aromatic heterocycles. The molecule has 4 nitrogen and oxygen atoms in total. The van der Waals surface area contributed by atoms with E-state index in [2.05, 4.69) is 0 Å². The molecule has 0 aliphatic carbocycles. The Labute approximate surface area is 150 Å². The number of amides is 2.